The van der Waals surface area contributed by atoms with E-state index in [0.29, 0.717) is 6.42 Å². The van der Waals surface area contributed by atoms with Crippen LogP contribution in [0.2, 0.25) is 0 Å². The molecule has 1 fully saturated rings. The third-order valence-corrected chi connectivity index (χ3v) is 2.82. The molecule has 2 N–H and O–H groups in total. The van der Waals surface area contributed by atoms with Gasteiger partial charge in [-0.15, -0.1) is 0 Å². The highest BCUT2D eigenvalue weighted by molar-refractivity contribution is 5.70. The molecule has 76 valence electrons. The predicted octanol–water partition coefficient (Wildman–Crippen LogP) is 0.0213. The second kappa shape index (κ2) is 4.58. The number of rotatable bonds is 2. The number of likely N-dealkylation sites (tertiary alicyclic amines) is 1. The molecule has 13 heavy (non-hydrogen) atoms. The Labute approximate surface area is 78.2 Å². The maximum atomic E-state index is 10.9. The molecule has 1 saturated heterocycles. The Morgan fingerprint density at radius 2 is 2.08 bits per heavy atom. The van der Waals surface area contributed by atoms with Crippen LogP contribution < -0.4 is 0 Å². The fraction of sp³-hybridized carbons (Fsp3) is 0.889. The van der Waals surface area contributed by atoms with Gasteiger partial charge in [-0.2, -0.15) is 0 Å². The van der Waals surface area contributed by atoms with Gasteiger partial charge in [0.05, 0.1) is 5.92 Å². The van der Waals surface area contributed by atoms with Gasteiger partial charge in [0.25, 0.3) is 0 Å². The van der Waals surface area contributed by atoms with E-state index in [1.54, 1.807) is 0 Å². The number of carbonyl (C=O) groups is 1. The second-order valence-corrected chi connectivity index (χ2v) is 3.77. The Morgan fingerprint density at radius 1 is 1.46 bits per heavy atom. The maximum Gasteiger partial charge on any atom is 0.306 e. The van der Waals surface area contributed by atoms with Crippen molar-refractivity contribution in [2.75, 3.05) is 26.7 Å². The number of aliphatic hydroxyl groups excluding tert-OH is 1. The first kappa shape index (κ1) is 10.5. The summed E-state index contributed by atoms with van der Waals surface area (Å²) in [7, 11) is 1.98. The van der Waals surface area contributed by atoms with E-state index in [9.17, 15) is 4.79 Å². The van der Waals surface area contributed by atoms with Crippen molar-refractivity contribution >= 4 is 5.97 Å². The van der Waals surface area contributed by atoms with Gasteiger partial charge in [0, 0.05) is 6.61 Å². The van der Waals surface area contributed by atoms with Gasteiger partial charge in [-0.05, 0) is 38.9 Å². The Kier molecular flexibility index (Phi) is 3.69. The molecule has 0 amide bonds. The zero-order chi connectivity index (χ0) is 9.84. The minimum atomic E-state index is -0.769. The highest BCUT2D eigenvalue weighted by atomic mass is 16.4. The van der Waals surface area contributed by atoms with Crippen LogP contribution in [0.15, 0.2) is 0 Å². The Morgan fingerprint density at radius 3 is 2.62 bits per heavy atom. The number of carboxylic acid groups (broad SMARTS) is 1. The van der Waals surface area contributed by atoms with Crippen molar-refractivity contribution < 1.29 is 15.0 Å². The van der Waals surface area contributed by atoms with E-state index in [4.69, 9.17) is 10.2 Å². The van der Waals surface area contributed by atoms with Crippen LogP contribution in [-0.2, 0) is 4.79 Å². The monoisotopic (exact) mass is 187 g/mol. The van der Waals surface area contributed by atoms with E-state index < -0.39 is 5.97 Å². The Hall–Kier alpha value is -0.610. The van der Waals surface area contributed by atoms with Crippen molar-refractivity contribution in [3.63, 3.8) is 0 Å². The van der Waals surface area contributed by atoms with Gasteiger partial charge in [0.2, 0.25) is 0 Å². The summed E-state index contributed by atoms with van der Waals surface area (Å²) in [5, 5.41) is 18.0. The van der Waals surface area contributed by atoms with E-state index in [0.717, 1.165) is 19.5 Å². The molecule has 1 aliphatic rings. The topological polar surface area (TPSA) is 60.8 Å². The van der Waals surface area contributed by atoms with Gasteiger partial charge in [-0.25, -0.2) is 0 Å². The highest BCUT2D eigenvalue weighted by Crippen LogP contribution is 2.23. The molecule has 0 bridgehead atoms. The molecule has 1 aliphatic heterocycles. The summed E-state index contributed by atoms with van der Waals surface area (Å²) in [5.41, 5.74) is 0. The largest absolute Gasteiger partial charge is 0.481 e. The zero-order valence-corrected chi connectivity index (χ0v) is 7.94. The van der Waals surface area contributed by atoms with Crippen LogP contribution in [0.3, 0.4) is 0 Å². The molecule has 2 unspecified atom stereocenters. The Bertz CT molecular complexity index is 184. The lowest BCUT2D eigenvalue weighted by atomic mass is 9.89. The van der Waals surface area contributed by atoms with Gasteiger partial charge in [-0.1, -0.05) is 0 Å². The second-order valence-electron chi connectivity index (χ2n) is 3.77. The molecular formula is C9H17NO3. The minimum absolute atomic E-state index is 0.00912. The van der Waals surface area contributed by atoms with E-state index in [2.05, 4.69) is 4.90 Å². The SMILES string of the molecule is CN1CCC(CO)C(C(=O)O)CC1. The molecule has 2 atom stereocenters. The summed E-state index contributed by atoms with van der Waals surface area (Å²) < 4.78 is 0. The molecule has 0 aliphatic carbocycles. The normalized spacial score (nSPS) is 31.2. The lowest BCUT2D eigenvalue weighted by Crippen LogP contribution is -2.26. The molecule has 4 heteroatoms. The lowest BCUT2D eigenvalue weighted by molar-refractivity contribution is -0.144. The van der Waals surface area contributed by atoms with Crippen molar-refractivity contribution in [3.8, 4) is 0 Å². The molecule has 0 aromatic rings. The summed E-state index contributed by atoms with van der Waals surface area (Å²) in [6.07, 6.45) is 1.43. The Balaban J connectivity index is 2.61. The van der Waals surface area contributed by atoms with Crippen molar-refractivity contribution in [1.29, 1.82) is 0 Å². The van der Waals surface area contributed by atoms with Crippen molar-refractivity contribution in [2.45, 2.75) is 12.8 Å². The van der Waals surface area contributed by atoms with Crippen LogP contribution in [0.5, 0.6) is 0 Å². The molecule has 4 nitrogen and oxygen atoms in total. The zero-order valence-electron chi connectivity index (χ0n) is 7.94. The minimum Gasteiger partial charge on any atom is -0.481 e. The summed E-state index contributed by atoms with van der Waals surface area (Å²) in [6.45, 7) is 1.69. The molecule has 0 spiro atoms. The summed E-state index contributed by atoms with van der Waals surface area (Å²) in [4.78, 5) is 13.0. The van der Waals surface area contributed by atoms with Crippen LogP contribution in [0.1, 0.15) is 12.8 Å². The number of aliphatic carboxylic acids is 1. The van der Waals surface area contributed by atoms with Gasteiger partial charge in [-0.3, -0.25) is 4.79 Å². The smallest absolute Gasteiger partial charge is 0.306 e. The average molecular weight is 187 g/mol. The molecule has 0 aromatic heterocycles. The standard InChI is InChI=1S/C9H17NO3/c1-10-4-2-7(6-11)8(3-5-10)9(12)13/h7-8,11H,2-6H2,1H3,(H,12,13). The molecule has 1 rings (SSSR count). The summed E-state index contributed by atoms with van der Waals surface area (Å²) in [6, 6.07) is 0. The van der Waals surface area contributed by atoms with Crippen LogP contribution >= 0.6 is 0 Å². The number of nitrogens with zero attached hydrogens (tertiary/aromatic N) is 1. The van der Waals surface area contributed by atoms with Gasteiger partial charge in [0.15, 0.2) is 0 Å². The first-order valence-corrected chi connectivity index (χ1v) is 4.67. The van der Waals surface area contributed by atoms with Crippen LogP contribution in [-0.4, -0.2) is 47.8 Å². The van der Waals surface area contributed by atoms with Gasteiger partial charge < -0.3 is 15.1 Å². The maximum absolute atomic E-state index is 10.9. The van der Waals surface area contributed by atoms with Crippen molar-refractivity contribution in [2.24, 2.45) is 11.8 Å². The predicted molar refractivity (Wildman–Crippen MR) is 48.4 cm³/mol. The van der Waals surface area contributed by atoms with E-state index >= 15 is 0 Å². The number of hydrogen-bond donors (Lipinski definition) is 2. The van der Waals surface area contributed by atoms with Crippen LogP contribution in [0.25, 0.3) is 0 Å². The highest BCUT2D eigenvalue weighted by Gasteiger charge is 2.29. The number of aliphatic hydroxyl groups is 1. The van der Waals surface area contributed by atoms with Crippen LogP contribution in [0.4, 0.5) is 0 Å². The first-order chi connectivity index (χ1) is 6.15. The van der Waals surface area contributed by atoms with Gasteiger partial charge in [0.1, 0.15) is 0 Å². The van der Waals surface area contributed by atoms with Crippen LogP contribution in [0, 0.1) is 11.8 Å². The third-order valence-electron chi connectivity index (χ3n) is 2.82. The molecule has 1 heterocycles. The van der Waals surface area contributed by atoms with Crippen molar-refractivity contribution in [3.05, 3.63) is 0 Å². The molecular weight excluding hydrogens is 170 g/mol. The number of hydrogen-bond acceptors (Lipinski definition) is 3. The fourth-order valence-electron chi connectivity index (χ4n) is 1.84. The molecule has 0 radical (unpaired) electrons. The first-order valence-electron chi connectivity index (χ1n) is 4.67. The van der Waals surface area contributed by atoms with Gasteiger partial charge >= 0.3 is 5.97 Å². The average Bonchev–Trinajstić information content (AvgIpc) is 2.26. The van der Waals surface area contributed by atoms with Crippen molar-refractivity contribution in [1.82, 2.24) is 4.90 Å². The summed E-state index contributed by atoms with van der Waals surface area (Å²) in [5.74, 6) is -1.20. The lowest BCUT2D eigenvalue weighted by Gasteiger charge is -2.17. The summed E-state index contributed by atoms with van der Waals surface area (Å²) >= 11 is 0. The molecule has 0 saturated carbocycles. The quantitative estimate of drug-likeness (QED) is 0.640. The number of carboxylic acids is 1. The van der Waals surface area contributed by atoms with E-state index in [1.807, 2.05) is 7.05 Å². The van der Waals surface area contributed by atoms with E-state index in [-0.39, 0.29) is 18.4 Å². The molecule has 0 aromatic carbocycles. The third kappa shape index (κ3) is 2.67. The fourth-order valence-corrected chi connectivity index (χ4v) is 1.84. The van der Waals surface area contributed by atoms with E-state index in [1.165, 1.54) is 0 Å².